The van der Waals surface area contributed by atoms with Gasteiger partial charge >= 0.3 is 0 Å². The maximum Gasteiger partial charge on any atom is 0.255 e. The molecule has 0 N–H and O–H groups in total. The molecule has 4 heterocycles. The predicted molar refractivity (Wildman–Crippen MR) is 110 cm³/mol. The molecule has 0 saturated carbocycles. The normalized spacial score (nSPS) is 15.6. The lowest BCUT2D eigenvalue weighted by molar-refractivity contribution is 0.0658. The number of pyridine rings is 1. The first-order valence-electron chi connectivity index (χ1n) is 10.1. The van der Waals surface area contributed by atoms with Crippen LogP contribution in [0, 0.1) is 5.92 Å². The van der Waals surface area contributed by atoms with Crippen molar-refractivity contribution in [2.75, 3.05) is 19.7 Å². The summed E-state index contributed by atoms with van der Waals surface area (Å²) in [4.78, 5) is 23.1. The number of hydrogen-bond acceptors (Lipinski definition) is 5. The molecule has 1 amide bonds. The van der Waals surface area contributed by atoms with Gasteiger partial charge in [0.05, 0.1) is 24.1 Å². The summed E-state index contributed by atoms with van der Waals surface area (Å²) in [5.74, 6) is 1.07. The molecule has 29 heavy (non-hydrogen) atoms. The van der Waals surface area contributed by atoms with E-state index in [1.165, 1.54) is 0 Å². The zero-order chi connectivity index (χ0) is 20.4. The number of fused-ring (bicyclic) bond motifs is 1. The van der Waals surface area contributed by atoms with Gasteiger partial charge in [0, 0.05) is 37.0 Å². The average Bonchev–Trinajstić information content (AvgIpc) is 3.17. The number of ether oxygens (including phenoxy) is 1. The van der Waals surface area contributed by atoms with Gasteiger partial charge < -0.3 is 9.64 Å². The summed E-state index contributed by atoms with van der Waals surface area (Å²) in [6, 6.07) is 7.42. The number of imidazole rings is 1. The molecule has 1 fully saturated rings. The van der Waals surface area contributed by atoms with Gasteiger partial charge in [0.25, 0.3) is 5.91 Å². The third kappa shape index (κ3) is 4.39. The summed E-state index contributed by atoms with van der Waals surface area (Å²) >= 11 is 0. The van der Waals surface area contributed by atoms with E-state index in [-0.39, 0.29) is 11.3 Å². The summed E-state index contributed by atoms with van der Waals surface area (Å²) in [5.41, 5.74) is 2.46. The molecule has 0 radical (unpaired) electrons. The Morgan fingerprint density at radius 1 is 1.21 bits per heavy atom. The van der Waals surface area contributed by atoms with E-state index < -0.39 is 0 Å². The van der Waals surface area contributed by atoms with Crippen molar-refractivity contribution in [3.8, 4) is 5.88 Å². The van der Waals surface area contributed by atoms with Gasteiger partial charge in [-0.15, -0.1) is 5.10 Å². The van der Waals surface area contributed by atoms with Gasteiger partial charge in [0.15, 0.2) is 5.65 Å². The molecule has 0 unspecified atom stereocenters. The van der Waals surface area contributed by atoms with Crippen LogP contribution in [0.1, 0.15) is 49.7 Å². The molecule has 0 spiro atoms. The second-order valence-electron chi connectivity index (χ2n) is 8.64. The Morgan fingerprint density at radius 2 is 2.00 bits per heavy atom. The Bertz CT molecular complexity index is 985. The molecule has 4 rings (SSSR count). The van der Waals surface area contributed by atoms with Crippen LogP contribution >= 0.6 is 0 Å². The van der Waals surface area contributed by atoms with Gasteiger partial charge in [-0.1, -0.05) is 20.8 Å². The molecule has 7 nitrogen and oxygen atoms in total. The van der Waals surface area contributed by atoms with Crippen LogP contribution in [-0.2, 0) is 5.41 Å². The van der Waals surface area contributed by atoms with Crippen molar-refractivity contribution in [2.45, 2.75) is 39.0 Å². The molecule has 3 aromatic heterocycles. The number of hydrogen-bond donors (Lipinski definition) is 0. The fraction of sp³-hybridized carbons (Fsp3) is 0.455. The molecule has 152 valence electrons. The second kappa shape index (κ2) is 7.81. The van der Waals surface area contributed by atoms with Gasteiger partial charge in [-0.25, -0.2) is 9.50 Å². The summed E-state index contributed by atoms with van der Waals surface area (Å²) in [6.45, 7) is 8.50. The summed E-state index contributed by atoms with van der Waals surface area (Å²) in [6.07, 6.45) is 7.12. The zero-order valence-corrected chi connectivity index (χ0v) is 17.2. The Morgan fingerprint density at radius 3 is 2.69 bits per heavy atom. The first kappa shape index (κ1) is 19.4. The summed E-state index contributed by atoms with van der Waals surface area (Å²) in [7, 11) is 0. The van der Waals surface area contributed by atoms with Gasteiger partial charge in [-0.05, 0) is 37.0 Å². The summed E-state index contributed by atoms with van der Waals surface area (Å²) < 4.78 is 7.74. The van der Waals surface area contributed by atoms with Gasteiger partial charge in [0.2, 0.25) is 5.88 Å². The lowest BCUT2D eigenvalue weighted by atomic mass is 9.93. The van der Waals surface area contributed by atoms with Crippen LogP contribution in [0.3, 0.4) is 0 Å². The van der Waals surface area contributed by atoms with Gasteiger partial charge in [-0.3, -0.25) is 9.78 Å². The van der Waals surface area contributed by atoms with Crippen LogP contribution < -0.4 is 4.74 Å². The van der Waals surface area contributed by atoms with Crippen LogP contribution in [0.15, 0.2) is 42.9 Å². The summed E-state index contributed by atoms with van der Waals surface area (Å²) in [5, 5.41) is 4.54. The second-order valence-corrected chi connectivity index (χ2v) is 8.64. The van der Waals surface area contributed by atoms with Crippen molar-refractivity contribution in [3.63, 3.8) is 0 Å². The Labute approximate surface area is 170 Å². The maximum atomic E-state index is 12.5. The van der Waals surface area contributed by atoms with Crippen LogP contribution in [0.2, 0.25) is 0 Å². The SMILES string of the molecule is CC(C)(C)c1cn2nc(OCC3CCN(C(=O)c4cccnc4)CC3)ccc2n1. The van der Waals surface area contributed by atoms with E-state index in [9.17, 15) is 4.79 Å². The van der Waals surface area contributed by atoms with E-state index in [0.29, 0.717) is 24.0 Å². The first-order chi connectivity index (χ1) is 13.9. The van der Waals surface area contributed by atoms with Crippen LogP contribution in [0.4, 0.5) is 0 Å². The van der Waals surface area contributed by atoms with Gasteiger partial charge in [-0.2, -0.15) is 0 Å². The first-order valence-corrected chi connectivity index (χ1v) is 10.1. The molecular formula is C22H27N5O2. The monoisotopic (exact) mass is 393 g/mol. The molecule has 0 atom stereocenters. The number of carbonyl (C=O) groups is 1. The van der Waals surface area contributed by atoms with Crippen molar-refractivity contribution >= 4 is 11.6 Å². The standard InChI is InChI=1S/C22H27N5O2/c1-22(2,3)18-14-27-19(24-18)6-7-20(25-27)29-15-16-8-11-26(12-9-16)21(28)17-5-4-10-23-13-17/h4-7,10,13-14,16H,8-9,11-12,15H2,1-3H3. The Balaban J connectivity index is 1.32. The van der Waals surface area contributed by atoms with E-state index in [2.05, 4.69) is 35.8 Å². The highest BCUT2D eigenvalue weighted by Crippen LogP contribution is 2.23. The lowest BCUT2D eigenvalue weighted by Gasteiger charge is -2.31. The van der Waals surface area contributed by atoms with Gasteiger partial charge in [0.1, 0.15) is 0 Å². The molecule has 1 aliphatic heterocycles. The lowest BCUT2D eigenvalue weighted by Crippen LogP contribution is -2.39. The third-order valence-electron chi connectivity index (χ3n) is 5.34. The van der Waals surface area contributed by atoms with E-state index in [1.54, 1.807) is 23.0 Å². The Kier molecular flexibility index (Phi) is 5.22. The van der Waals surface area contributed by atoms with Crippen LogP contribution in [0.25, 0.3) is 5.65 Å². The van der Waals surface area contributed by atoms with Crippen molar-refractivity contribution in [2.24, 2.45) is 5.92 Å². The minimum Gasteiger partial charge on any atom is -0.476 e. The molecular weight excluding hydrogens is 366 g/mol. The molecule has 7 heteroatoms. The minimum atomic E-state index is -0.0179. The molecule has 0 bridgehead atoms. The average molecular weight is 393 g/mol. The predicted octanol–water partition coefficient (Wildman–Crippen LogP) is 3.35. The number of rotatable bonds is 4. The van der Waals surface area contributed by atoms with E-state index in [1.807, 2.05) is 29.3 Å². The fourth-order valence-electron chi connectivity index (χ4n) is 3.48. The minimum absolute atomic E-state index is 0.0179. The molecule has 1 aliphatic rings. The number of likely N-dealkylation sites (tertiary alicyclic amines) is 1. The topological polar surface area (TPSA) is 72.6 Å². The number of amides is 1. The number of aromatic nitrogens is 4. The van der Waals surface area contributed by atoms with Crippen molar-refractivity contribution < 1.29 is 9.53 Å². The smallest absolute Gasteiger partial charge is 0.255 e. The zero-order valence-electron chi connectivity index (χ0n) is 17.2. The Hall–Kier alpha value is -2.96. The highest BCUT2D eigenvalue weighted by molar-refractivity contribution is 5.93. The largest absolute Gasteiger partial charge is 0.476 e. The molecule has 0 aliphatic carbocycles. The third-order valence-corrected chi connectivity index (χ3v) is 5.34. The van der Waals surface area contributed by atoms with E-state index in [4.69, 9.17) is 4.74 Å². The number of nitrogens with zero attached hydrogens (tertiary/aromatic N) is 5. The number of carbonyl (C=O) groups excluding carboxylic acids is 1. The highest BCUT2D eigenvalue weighted by Gasteiger charge is 2.24. The van der Waals surface area contributed by atoms with Crippen molar-refractivity contribution in [1.29, 1.82) is 0 Å². The quantitative estimate of drug-likeness (QED) is 0.680. The van der Waals surface area contributed by atoms with Crippen molar-refractivity contribution in [3.05, 3.63) is 54.1 Å². The fourth-order valence-corrected chi connectivity index (χ4v) is 3.48. The van der Waals surface area contributed by atoms with E-state index >= 15 is 0 Å². The molecule has 3 aromatic rings. The maximum absolute atomic E-state index is 12.5. The van der Waals surface area contributed by atoms with E-state index in [0.717, 1.165) is 37.3 Å². The van der Waals surface area contributed by atoms with Crippen LogP contribution in [-0.4, -0.2) is 50.1 Å². The number of piperidine rings is 1. The molecule has 0 aromatic carbocycles. The molecule has 1 saturated heterocycles. The van der Waals surface area contributed by atoms with Crippen LogP contribution in [0.5, 0.6) is 5.88 Å². The van der Waals surface area contributed by atoms with Crippen molar-refractivity contribution in [1.82, 2.24) is 24.5 Å². The highest BCUT2D eigenvalue weighted by atomic mass is 16.5.